The second kappa shape index (κ2) is 8.17. The molecule has 0 aliphatic heterocycles. The summed E-state index contributed by atoms with van der Waals surface area (Å²) in [6.07, 6.45) is 0.556. The van der Waals surface area contributed by atoms with Gasteiger partial charge >= 0.3 is 5.97 Å². The molecule has 0 aliphatic rings. The zero-order valence-electron chi connectivity index (χ0n) is 16.2. The molecule has 0 saturated carbocycles. The molecule has 5 heteroatoms. The minimum atomic E-state index is -1.19. The molecule has 0 bridgehead atoms. The SMILES string of the molecule is CC(C)(C)CC(=O)OCCC(C)(O)c1ccc(-c2ccc(F)cc2F)cc1. The third kappa shape index (κ3) is 6.14. The molecule has 146 valence electrons. The van der Waals surface area contributed by atoms with Crippen molar-refractivity contribution >= 4 is 5.97 Å². The van der Waals surface area contributed by atoms with Gasteiger partial charge in [0.25, 0.3) is 0 Å². The number of aliphatic hydroxyl groups is 1. The number of esters is 1. The quantitative estimate of drug-likeness (QED) is 0.704. The number of rotatable bonds is 6. The van der Waals surface area contributed by atoms with Gasteiger partial charge in [0, 0.05) is 18.1 Å². The highest BCUT2D eigenvalue weighted by atomic mass is 19.1. The number of carbonyl (C=O) groups is 1. The number of benzene rings is 2. The van der Waals surface area contributed by atoms with E-state index >= 15 is 0 Å². The molecular weight excluding hydrogens is 350 g/mol. The van der Waals surface area contributed by atoms with Gasteiger partial charge in [0.2, 0.25) is 0 Å². The van der Waals surface area contributed by atoms with E-state index in [-0.39, 0.29) is 24.4 Å². The largest absolute Gasteiger partial charge is 0.466 e. The highest BCUT2D eigenvalue weighted by Gasteiger charge is 2.24. The molecule has 0 heterocycles. The first kappa shape index (κ1) is 21.0. The van der Waals surface area contributed by atoms with Crippen LogP contribution in [0, 0.1) is 17.0 Å². The standard InChI is InChI=1S/C22H26F2O3/c1-21(2,3)14-20(25)27-12-11-22(4,26)16-7-5-15(6-8-16)18-10-9-17(23)13-19(18)24/h5-10,13,26H,11-12,14H2,1-4H3. The summed E-state index contributed by atoms with van der Waals surface area (Å²) in [4.78, 5) is 11.8. The van der Waals surface area contributed by atoms with E-state index in [4.69, 9.17) is 4.74 Å². The van der Waals surface area contributed by atoms with Gasteiger partial charge in [-0.15, -0.1) is 0 Å². The molecule has 27 heavy (non-hydrogen) atoms. The normalized spacial score (nSPS) is 13.9. The van der Waals surface area contributed by atoms with Crippen LogP contribution in [0.3, 0.4) is 0 Å². The Labute approximate surface area is 159 Å². The van der Waals surface area contributed by atoms with E-state index in [1.165, 1.54) is 12.1 Å². The molecule has 2 aromatic rings. The van der Waals surface area contributed by atoms with Crippen molar-refractivity contribution in [1.82, 2.24) is 0 Å². The summed E-state index contributed by atoms with van der Waals surface area (Å²) < 4.78 is 32.1. The van der Waals surface area contributed by atoms with Crippen LogP contribution >= 0.6 is 0 Å². The van der Waals surface area contributed by atoms with Crippen LogP contribution in [0.5, 0.6) is 0 Å². The summed E-state index contributed by atoms with van der Waals surface area (Å²) in [6, 6.07) is 10.1. The van der Waals surface area contributed by atoms with E-state index in [2.05, 4.69) is 0 Å². The second-order valence-electron chi connectivity index (χ2n) is 8.18. The summed E-state index contributed by atoms with van der Waals surface area (Å²) in [7, 11) is 0. The Morgan fingerprint density at radius 2 is 1.67 bits per heavy atom. The summed E-state index contributed by atoms with van der Waals surface area (Å²) in [5.74, 6) is -1.56. The van der Waals surface area contributed by atoms with Gasteiger partial charge in [0.15, 0.2) is 0 Å². The Kier molecular flexibility index (Phi) is 6.37. The Bertz CT molecular complexity index is 790. The topological polar surface area (TPSA) is 46.5 Å². The average molecular weight is 376 g/mol. The van der Waals surface area contributed by atoms with Crippen LogP contribution in [0.25, 0.3) is 11.1 Å². The van der Waals surface area contributed by atoms with Crippen LogP contribution < -0.4 is 0 Å². The summed E-state index contributed by atoms with van der Waals surface area (Å²) in [6.45, 7) is 7.61. The van der Waals surface area contributed by atoms with Crippen LogP contribution in [-0.2, 0) is 15.1 Å². The smallest absolute Gasteiger partial charge is 0.306 e. The maximum absolute atomic E-state index is 13.9. The molecule has 0 fully saturated rings. The van der Waals surface area contributed by atoms with Crippen LogP contribution in [0.15, 0.2) is 42.5 Å². The highest BCUT2D eigenvalue weighted by molar-refractivity contribution is 5.70. The molecule has 0 saturated heterocycles. The predicted octanol–water partition coefficient (Wildman–Crippen LogP) is 5.21. The van der Waals surface area contributed by atoms with Gasteiger partial charge < -0.3 is 9.84 Å². The summed E-state index contributed by atoms with van der Waals surface area (Å²) in [5.41, 5.74) is 0.162. The number of hydrogen-bond acceptors (Lipinski definition) is 3. The van der Waals surface area contributed by atoms with E-state index in [0.717, 1.165) is 6.07 Å². The fourth-order valence-corrected chi connectivity index (χ4v) is 2.72. The lowest BCUT2D eigenvalue weighted by Crippen LogP contribution is -2.25. The zero-order chi connectivity index (χ0) is 20.2. The fourth-order valence-electron chi connectivity index (χ4n) is 2.72. The third-order valence-electron chi connectivity index (χ3n) is 4.28. The van der Waals surface area contributed by atoms with Gasteiger partial charge in [-0.1, -0.05) is 45.0 Å². The molecule has 0 aromatic heterocycles. The van der Waals surface area contributed by atoms with Crippen molar-refractivity contribution in [2.24, 2.45) is 5.41 Å². The van der Waals surface area contributed by atoms with Gasteiger partial charge in [-0.3, -0.25) is 4.79 Å². The Morgan fingerprint density at radius 1 is 1.04 bits per heavy atom. The second-order valence-corrected chi connectivity index (χ2v) is 8.18. The van der Waals surface area contributed by atoms with Gasteiger partial charge in [-0.2, -0.15) is 0 Å². The third-order valence-corrected chi connectivity index (χ3v) is 4.28. The van der Waals surface area contributed by atoms with Crippen LogP contribution in [-0.4, -0.2) is 17.7 Å². The maximum atomic E-state index is 13.9. The number of halogens is 2. The first-order valence-electron chi connectivity index (χ1n) is 8.92. The van der Waals surface area contributed by atoms with Gasteiger partial charge in [-0.25, -0.2) is 8.78 Å². The van der Waals surface area contributed by atoms with Crippen molar-refractivity contribution < 1.29 is 23.4 Å². The molecule has 3 nitrogen and oxygen atoms in total. The van der Waals surface area contributed by atoms with Crippen molar-refractivity contribution in [3.05, 3.63) is 59.7 Å². The molecule has 1 N–H and O–H groups in total. The van der Waals surface area contributed by atoms with Crippen molar-refractivity contribution in [1.29, 1.82) is 0 Å². The predicted molar refractivity (Wildman–Crippen MR) is 101 cm³/mol. The molecule has 0 aliphatic carbocycles. The first-order valence-corrected chi connectivity index (χ1v) is 8.92. The fraction of sp³-hybridized carbons (Fsp3) is 0.409. The molecule has 1 atom stereocenters. The first-order chi connectivity index (χ1) is 12.5. The number of hydrogen-bond donors (Lipinski definition) is 1. The minimum Gasteiger partial charge on any atom is -0.466 e. The maximum Gasteiger partial charge on any atom is 0.306 e. The number of carbonyl (C=O) groups excluding carboxylic acids is 1. The molecule has 1 unspecified atom stereocenters. The highest BCUT2D eigenvalue weighted by Crippen LogP contribution is 2.29. The molecule has 0 radical (unpaired) electrons. The van der Waals surface area contributed by atoms with Crippen molar-refractivity contribution in [2.45, 2.75) is 46.1 Å². The molecule has 0 amide bonds. The molecule has 2 rings (SSSR count). The molecule has 2 aromatic carbocycles. The lowest BCUT2D eigenvalue weighted by Gasteiger charge is -2.24. The Hall–Kier alpha value is -2.27. The van der Waals surface area contributed by atoms with Crippen molar-refractivity contribution in [2.75, 3.05) is 6.61 Å². The minimum absolute atomic E-state index is 0.107. The van der Waals surface area contributed by atoms with Crippen LogP contribution in [0.2, 0.25) is 0 Å². The number of ether oxygens (including phenoxy) is 1. The lowest BCUT2D eigenvalue weighted by atomic mass is 9.91. The van der Waals surface area contributed by atoms with E-state index in [1.54, 1.807) is 31.2 Å². The zero-order valence-corrected chi connectivity index (χ0v) is 16.2. The van der Waals surface area contributed by atoms with Crippen LogP contribution in [0.4, 0.5) is 8.78 Å². The van der Waals surface area contributed by atoms with Gasteiger partial charge in [0.05, 0.1) is 18.6 Å². The van der Waals surface area contributed by atoms with Gasteiger partial charge in [0.1, 0.15) is 11.6 Å². The average Bonchev–Trinajstić information content (AvgIpc) is 2.53. The van der Waals surface area contributed by atoms with E-state index in [9.17, 15) is 18.7 Å². The monoisotopic (exact) mass is 376 g/mol. The van der Waals surface area contributed by atoms with Gasteiger partial charge in [-0.05, 0) is 35.6 Å². The van der Waals surface area contributed by atoms with Crippen molar-refractivity contribution in [3.8, 4) is 11.1 Å². The van der Waals surface area contributed by atoms with E-state index in [0.29, 0.717) is 23.1 Å². The van der Waals surface area contributed by atoms with Crippen molar-refractivity contribution in [3.63, 3.8) is 0 Å². The van der Waals surface area contributed by atoms with E-state index < -0.39 is 17.2 Å². The Morgan fingerprint density at radius 3 is 2.22 bits per heavy atom. The lowest BCUT2D eigenvalue weighted by molar-refractivity contribution is -0.147. The van der Waals surface area contributed by atoms with E-state index in [1.807, 2.05) is 20.8 Å². The Balaban J connectivity index is 2.01. The molecular formula is C22H26F2O3. The summed E-state index contributed by atoms with van der Waals surface area (Å²) in [5, 5.41) is 10.7. The molecule has 0 spiro atoms. The summed E-state index contributed by atoms with van der Waals surface area (Å²) >= 11 is 0. The van der Waals surface area contributed by atoms with Crippen LogP contribution in [0.1, 0.15) is 46.1 Å².